The lowest BCUT2D eigenvalue weighted by atomic mass is 9.92. The quantitative estimate of drug-likeness (QED) is 0.566. The summed E-state index contributed by atoms with van der Waals surface area (Å²) in [4.78, 5) is 26.4. The molecule has 4 heteroatoms. The average Bonchev–Trinajstić information content (AvgIpc) is 2.84. The Balaban J connectivity index is 1.67. The monoisotopic (exact) mass is 424 g/mol. The Hall–Kier alpha value is -3.66. The number of hydrogen-bond acceptors (Lipinski definition) is 2. The number of amides is 2. The third kappa shape index (κ3) is 5.52. The van der Waals surface area contributed by atoms with Crippen molar-refractivity contribution < 1.29 is 9.59 Å². The Kier molecular flexibility index (Phi) is 7.13. The summed E-state index contributed by atoms with van der Waals surface area (Å²) in [7, 11) is 0. The SMILES string of the molecule is O=C1C[C@@H](c2ccccc2)C(=O)N[C@H](c2ccccc2)C/C=C\C[C@H](c2ccccc2)N1. The van der Waals surface area contributed by atoms with Crippen molar-refractivity contribution in [2.24, 2.45) is 0 Å². The van der Waals surface area contributed by atoms with Crippen LogP contribution < -0.4 is 10.6 Å². The van der Waals surface area contributed by atoms with Gasteiger partial charge in [-0.15, -0.1) is 0 Å². The summed E-state index contributed by atoms with van der Waals surface area (Å²) in [6.07, 6.45) is 5.67. The van der Waals surface area contributed by atoms with Gasteiger partial charge in [-0.1, -0.05) is 103 Å². The Morgan fingerprint density at radius 3 is 1.50 bits per heavy atom. The van der Waals surface area contributed by atoms with Crippen LogP contribution >= 0.6 is 0 Å². The number of carbonyl (C=O) groups excluding carboxylic acids is 2. The van der Waals surface area contributed by atoms with Gasteiger partial charge < -0.3 is 10.6 Å². The zero-order valence-corrected chi connectivity index (χ0v) is 18.0. The molecule has 0 fully saturated rings. The highest BCUT2D eigenvalue weighted by Gasteiger charge is 2.27. The van der Waals surface area contributed by atoms with Crippen LogP contribution in [0.2, 0.25) is 0 Å². The maximum absolute atomic E-state index is 13.4. The van der Waals surface area contributed by atoms with Crippen LogP contribution in [0.25, 0.3) is 0 Å². The highest BCUT2D eigenvalue weighted by molar-refractivity contribution is 5.90. The molecule has 2 N–H and O–H groups in total. The topological polar surface area (TPSA) is 58.2 Å². The third-order valence-corrected chi connectivity index (χ3v) is 5.87. The second-order valence-electron chi connectivity index (χ2n) is 8.11. The molecular weight excluding hydrogens is 396 g/mol. The molecule has 0 spiro atoms. The molecule has 0 radical (unpaired) electrons. The van der Waals surface area contributed by atoms with Crippen LogP contribution in [0.4, 0.5) is 0 Å². The smallest absolute Gasteiger partial charge is 0.228 e. The van der Waals surface area contributed by atoms with Gasteiger partial charge in [0.05, 0.1) is 18.0 Å². The molecule has 0 saturated heterocycles. The molecule has 0 aromatic heterocycles. The van der Waals surface area contributed by atoms with Gasteiger partial charge in [-0.25, -0.2) is 0 Å². The van der Waals surface area contributed by atoms with Gasteiger partial charge in [-0.2, -0.15) is 0 Å². The van der Waals surface area contributed by atoms with Gasteiger partial charge in [-0.05, 0) is 29.5 Å². The summed E-state index contributed by atoms with van der Waals surface area (Å²) in [5.74, 6) is -0.819. The summed E-state index contributed by atoms with van der Waals surface area (Å²) in [6.45, 7) is 0. The zero-order valence-electron chi connectivity index (χ0n) is 18.0. The van der Waals surface area contributed by atoms with Crippen molar-refractivity contribution in [2.45, 2.75) is 37.3 Å². The molecule has 0 saturated carbocycles. The van der Waals surface area contributed by atoms with Gasteiger partial charge in [0.2, 0.25) is 11.8 Å². The molecule has 2 amide bonds. The lowest BCUT2D eigenvalue weighted by Gasteiger charge is -2.25. The molecular formula is C28H28N2O2. The minimum Gasteiger partial charge on any atom is -0.349 e. The molecule has 3 aromatic carbocycles. The summed E-state index contributed by atoms with van der Waals surface area (Å²) < 4.78 is 0. The molecule has 0 unspecified atom stereocenters. The first-order chi connectivity index (χ1) is 15.7. The van der Waals surface area contributed by atoms with E-state index < -0.39 is 5.92 Å². The first-order valence-electron chi connectivity index (χ1n) is 11.1. The van der Waals surface area contributed by atoms with E-state index in [-0.39, 0.29) is 30.3 Å². The van der Waals surface area contributed by atoms with E-state index in [2.05, 4.69) is 22.8 Å². The first-order valence-corrected chi connectivity index (χ1v) is 11.1. The van der Waals surface area contributed by atoms with E-state index in [4.69, 9.17) is 0 Å². The second-order valence-corrected chi connectivity index (χ2v) is 8.11. The van der Waals surface area contributed by atoms with Crippen LogP contribution in [-0.4, -0.2) is 11.8 Å². The normalized spacial score (nSPS) is 23.2. The van der Waals surface area contributed by atoms with Crippen LogP contribution in [-0.2, 0) is 9.59 Å². The Morgan fingerprint density at radius 1 is 0.562 bits per heavy atom. The molecule has 0 bridgehead atoms. The summed E-state index contributed by atoms with van der Waals surface area (Å²) in [5, 5.41) is 6.34. The van der Waals surface area contributed by atoms with Crippen LogP contribution in [0.15, 0.2) is 103 Å². The molecule has 4 nitrogen and oxygen atoms in total. The lowest BCUT2D eigenvalue weighted by Crippen LogP contribution is -2.37. The number of hydrogen-bond donors (Lipinski definition) is 2. The van der Waals surface area contributed by atoms with E-state index in [0.29, 0.717) is 12.8 Å². The minimum absolute atomic E-state index is 0.102. The number of nitrogens with one attached hydrogen (secondary N) is 2. The van der Waals surface area contributed by atoms with Gasteiger partial charge in [0.1, 0.15) is 0 Å². The van der Waals surface area contributed by atoms with Crippen molar-refractivity contribution in [2.75, 3.05) is 0 Å². The van der Waals surface area contributed by atoms with E-state index in [9.17, 15) is 9.59 Å². The summed E-state index contributed by atoms with van der Waals surface area (Å²) in [6, 6.07) is 29.2. The first kappa shape index (κ1) is 21.6. The third-order valence-electron chi connectivity index (χ3n) is 5.87. The fourth-order valence-corrected chi connectivity index (χ4v) is 4.15. The lowest BCUT2D eigenvalue weighted by molar-refractivity contribution is -0.128. The van der Waals surface area contributed by atoms with E-state index in [1.165, 1.54) is 0 Å². The van der Waals surface area contributed by atoms with Gasteiger partial charge in [0, 0.05) is 6.42 Å². The van der Waals surface area contributed by atoms with Crippen molar-refractivity contribution in [3.63, 3.8) is 0 Å². The number of benzene rings is 3. The molecule has 0 aliphatic carbocycles. The van der Waals surface area contributed by atoms with Gasteiger partial charge in [0.15, 0.2) is 0 Å². The Labute approximate surface area is 189 Å². The van der Waals surface area contributed by atoms with Crippen molar-refractivity contribution >= 4 is 11.8 Å². The van der Waals surface area contributed by atoms with Crippen molar-refractivity contribution in [3.8, 4) is 0 Å². The van der Waals surface area contributed by atoms with Crippen molar-refractivity contribution in [3.05, 3.63) is 120 Å². The minimum atomic E-state index is -0.553. The van der Waals surface area contributed by atoms with E-state index >= 15 is 0 Å². The Morgan fingerprint density at radius 2 is 1.00 bits per heavy atom. The fourth-order valence-electron chi connectivity index (χ4n) is 4.15. The number of carbonyl (C=O) groups is 2. The van der Waals surface area contributed by atoms with E-state index in [1.54, 1.807) is 0 Å². The van der Waals surface area contributed by atoms with Crippen LogP contribution in [0.5, 0.6) is 0 Å². The van der Waals surface area contributed by atoms with Crippen molar-refractivity contribution in [1.82, 2.24) is 10.6 Å². The van der Waals surface area contributed by atoms with Gasteiger partial charge in [-0.3, -0.25) is 9.59 Å². The predicted octanol–water partition coefficient (Wildman–Crippen LogP) is 5.23. The molecule has 162 valence electrons. The largest absolute Gasteiger partial charge is 0.349 e. The van der Waals surface area contributed by atoms with Gasteiger partial charge in [0.25, 0.3) is 0 Å². The van der Waals surface area contributed by atoms with Crippen LogP contribution in [0.1, 0.15) is 54.0 Å². The molecule has 3 aromatic rings. The summed E-state index contributed by atoms with van der Waals surface area (Å²) in [5.41, 5.74) is 2.96. The Bertz CT molecular complexity index is 1050. The summed E-state index contributed by atoms with van der Waals surface area (Å²) >= 11 is 0. The second kappa shape index (κ2) is 10.6. The van der Waals surface area contributed by atoms with E-state index in [1.807, 2.05) is 91.0 Å². The van der Waals surface area contributed by atoms with Crippen molar-refractivity contribution in [1.29, 1.82) is 0 Å². The maximum Gasteiger partial charge on any atom is 0.228 e. The zero-order chi connectivity index (χ0) is 22.2. The standard InChI is InChI=1S/C28H28N2O2/c31-27-20-24(21-12-4-1-5-13-21)28(32)30-26(23-16-8-3-9-17-23)19-11-10-18-25(29-27)22-14-6-2-7-15-22/h1-17,24-26H,18-20H2,(H,29,31)(H,30,32)/b11-10-/t24-,25+,26-/m0/s1. The molecule has 4 rings (SSSR count). The predicted molar refractivity (Wildman–Crippen MR) is 127 cm³/mol. The highest BCUT2D eigenvalue weighted by atomic mass is 16.2. The van der Waals surface area contributed by atoms with Crippen LogP contribution in [0, 0.1) is 0 Å². The number of rotatable bonds is 3. The maximum atomic E-state index is 13.4. The molecule has 1 aliphatic rings. The molecule has 1 heterocycles. The van der Waals surface area contributed by atoms with E-state index in [0.717, 1.165) is 16.7 Å². The van der Waals surface area contributed by atoms with Crippen LogP contribution in [0.3, 0.4) is 0 Å². The van der Waals surface area contributed by atoms with Gasteiger partial charge >= 0.3 is 0 Å². The fraction of sp³-hybridized carbons (Fsp3) is 0.214. The highest BCUT2D eigenvalue weighted by Crippen LogP contribution is 2.26. The molecule has 3 atom stereocenters. The molecule has 32 heavy (non-hydrogen) atoms. The average molecular weight is 425 g/mol. The molecule has 1 aliphatic heterocycles.